The predicted molar refractivity (Wildman–Crippen MR) is 106 cm³/mol. The molecule has 0 aliphatic heterocycles. The minimum absolute atomic E-state index is 0.225. The second-order valence-corrected chi connectivity index (χ2v) is 7.16. The Morgan fingerprint density at radius 1 is 1.37 bits per heavy atom. The molecule has 0 aliphatic carbocycles. The quantitative estimate of drug-likeness (QED) is 0.563. The van der Waals surface area contributed by atoms with Crippen LogP contribution in [-0.4, -0.2) is 15.7 Å². The summed E-state index contributed by atoms with van der Waals surface area (Å²) in [5.41, 5.74) is 1.84. The standard InChI is InChI=1S/C19H19BrClN3O3/c1-3-24-17(15(20)9-23-24)10-22-19(25)18-7-5-14(27-18)11-26-13-4-6-16(21)12(2)8-13/h4-9H,3,10-11H2,1-2H3,(H,22,25). The lowest BCUT2D eigenvalue weighted by Crippen LogP contribution is -2.24. The lowest BCUT2D eigenvalue weighted by atomic mass is 10.2. The first kappa shape index (κ1) is 19.5. The van der Waals surface area contributed by atoms with Crippen molar-refractivity contribution in [3.05, 3.63) is 68.8 Å². The van der Waals surface area contributed by atoms with Crippen molar-refractivity contribution in [3.63, 3.8) is 0 Å². The van der Waals surface area contributed by atoms with Gasteiger partial charge in [-0.3, -0.25) is 9.48 Å². The molecule has 3 rings (SSSR count). The first-order valence-corrected chi connectivity index (χ1v) is 9.61. The molecular formula is C19H19BrClN3O3. The first-order chi connectivity index (χ1) is 13.0. The highest BCUT2D eigenvalue weighted by atomic mass is 79.9. The van der Waals surface area contributed by atoms with Gasteiger partial charge in [0.05, 0.1) is 22.9 Å². The molecule has 142 valence electrons. The lowest BCUT2D eigenvalue weighted by molar-refractivity contribution is 0.0918. The van der Waals surface area contributed by atoms with Crippen LogP contribution >= 0.6 is 27.5 Å². The normalized spacial score (nSPS) is 10.8. The third kappa shape index (κ3) is 4.73. The number of halogens is 2. The second kappa shape index (κ2) is 8.63. The van der Waals surface area contributed by atoms with Gasteiger partial charge in [0.25, 0.3) is 5.91 Å². The summed E-state index contributed by atoms with van der Waals surface area (Å²) in [4.78, 5) is 12.3. The Labute approximate surface area is 170 Å². The Kier molecular flexibility index (Phi) is 6.23. The van der Waals surface area contributed by atoms with Gasteiger partial charge in [0.1, 0.15) is 18.1 Å². The molecule has 1 aromatic carbocycles. The summed E-state index contributed by atoms with van der Waals surface area (Å²) in [5.74, 6) is 1.20. The first-order valence-electron chi connectivity index (χ1n) is 8.44. The van der Waals surface area contributed by atoms with E-state index in [-0.39, 0.29) is 18.3 Å². The van der Waals surface area contributed by atoms with E-state index in [9.17, 15) is 4.79 Å². The largest absolute Gasteiger partial charge is 0.486 e. The number of benzene rings is 1. The number of ether oxygens (including phenoxy) is 1. The maximum Gasteiger partial charge on any atom is 0.287 e. The van der Waals surface area contributed by atoms with E-state index in [0.29, 0.717) is 23.1 Å². The van der Waals surface area contributed by atoms with E-state index in [2.05, 4.69) is 26.3 Å². The molecule has 0 unspecified atom stereocenters. The second-order valence-electron chi connectivity index (χ2n) is 5.90. The summed E-state index contributed by atoms with van der Waals surface area (Å²) in [5, 5.41) is 7.75. The smallest absolute Gasteiger partial charge is 0.287 e. The van der Waals surface area contributed by atoms with E-state index in [1.165, 1.54) is 0 Å². The third-order valence-corrected chi connectivity index (χ3v) is 5.10. The Morgan fingerprint density at radius 3 is 2.93 bits per heavy atom. The van der Waals surface area contributed by atoms with E-state index in [1.54, 1.807) is 30.5 Å². The molecular weight excluding hydrogens is 434 g/mol. The molecule has 2 aromatic heterocycles. The van der Waals surface area contributed by atoms with Crippen LogP contribution in [0.1, 0.15) is 34.5 Å². The van der Waals surface area contributed by atoms with Crippen molar-refractivity contribution in [2.75, 3.05) is 0 Å². The molecule has 8 heteroatoms. The molecule has 0 saturated carbocycles. The number of nitrogens with zero attached hydrogens (tertiary/aromatic N) is 2. The van der Waals surface area contributed by atoms with Crippen molar-refractivity contribution in [3.8, 4) is 5.75 Å². The molecule has 1 N–H and O–H groups in total. The highest BCUT2D eigenvalue weighted by Crippen LogP contribution is 2.22. The summed E-state index contributed by atoms with van der Waals surface area (Å²) in [7, 11) is 0. The van der Waals surface area contributed by atoms with E-state index >= 15 is 0 Å². The Hall–Kier alpha value is -2.25. The number of hydrogen-bond donors (Lipinski definition) is 1. The minimum Gasteiger partial charge on any atom is -0.486 e. The van der Waals surface area contributed by atoms with Crippen LogP contribution in [0.4, 0.5) is 0 Å². The number of carbonyl (C=O) groups is 1. The van der Waals surface area contributed by atoms with Crippen LogP contribution in [-0.2, 0) is 19.7 Å². The number of nitrogens with one attached hydrogen (secondary N) is 1. The number of rotatable bonds is 7. The van der Waals surface area contributed by atoms with Gasteiger partial charge in [-0.15, -0.1) is 0 Å². The van der Waals surface area contributed by atoms with Crippen molar-refractivity contribution < 1.29 is 13.9 Å². The SMILES string of the molecule is CCn1ncc(Br)c1CNC(=O)c1ccc(COc2ccc(Cl)c(C)c2)o1. The Morgan fingerprint density at radius 2 is 2.19 bits per heavy atom. The van der Waals surface area contributed by atoms with Gasteiger partial charge >= 0.3 is 0 Å². The molecule has 2 heterocycles. The van der Waals surface area contributed by atoms with E-state index in [0.717, 1.165) is 22.3 Å². The van der Waals surface area contributed by atoms with Gasteiger partial charge in [-0.05, 0) is 65.7 Å². The molecule has 6 nitrogen and oxygen atoms in total. The van der Waals surface area contributed by atoms with Crippen molar-refractivity contribution in [2.24, 2.45) is 0 Å². The fourth-order valence-electron chi connectivity index (χ4n) is 2.53. The minimum atomic E-state index is -0.292. The van der Waals surface area contributed by atoms with Gasteiger partial charge in [0.2, 0.25) is 0 Å². The summed E-state index contributed by atoms with van der Waals surface area (Å²) in [6.07, 6.45) is 1.71. The van der Waals surface area contributed by atoms with Crippen LogP contribution < -0.4 is 10.1 Å². The van der Waals surface area contributed by atoms with Crippen molar-refractivity contribution in [1.82, 2.24) is 15.1 Å². The van der Waals surface area contributed by atoms with Crippen LogP contribution in [0.25, 0.3) is 0 Å². The third-order valence-electron chi connectivity index (χ3n) is 4.01. The fourth-order valence-corrected chi connectivity index (χ4v) is 3.08. The summed E-state index contributed by atoms with van der Waals surface area (Å²) in [6.45, 7) is 5.20. The van der Waals surface area contributed by atoms with E-state index in [1.807, 2.05) is 24.6 Å². The zero-order chi connectivity index (χ0) is 19.4. The van der Waals surface area contributed by atoms with E-state index < -0.39 is 0 Å². The monoisotopic (exact) mass is 451 g/mol. The number of hydrogen-bond acceptors (Lipinski definition) is 4. The molecule has 1 amide bonds. The highest BCUT2D eigenvalue weighted by molar-refractivity contribution is 9.10. The molecule has 3 aromatic rings. The van der Waals surface area contributed by atoms with Crippen LogP contribution in [0.5, 0.6) is 5.75 Å². The molecule has 0 spiro atoms. The lowest BCUT2D eigenvalue weighted by Gasteiger charge is -2.07. The summed E-state index contributed by atoms with van der Waals surface area (Å²) in [6, 6.07) is 8.79. The van der Waals surface area contributed by atoms with Crippen molar-refractivity contribution in [1.29, 1.82) is 0 Å². The predicted octanol–water partition coefficient (Wildman–Crippen LogP) is 4.73. The number of amides is 1. The van der Waals surface area contributed by atoms with Crippen molar-refractivity contribution in [2.45, 2.75) is 33.5 Å². The maximum atomic E-state index is 12.3. The summed E-state index contributed by atoms with van der Waals surface area (Å²) < 4.78 is 13.9. The van der Waals surface area contributed by atoms with Gasteiger partial charge in [-0.25, -0.2) is 0 Å². The van der Waals surface area contributed by atoms with Gasteiger partial charge in [0.15, 0.2) is 5.76 Å². The van der Waals surface area contributed by atoms with Crippen LogP contribution in [0.3, 0.4) is 0 Å². The number of aryl methyl sites for hydroxylation is 2. The zero-order valence-corrected chi connectivity index (χ0v) is 17.3. The van der Waals surface area contributed by atoms with Gasteiger partial charge in [-0.1, -0.05) is 11.6 Å². The topological polar surface area (TPSA) is 69.3 Å². The van der Waals surface area contributed by atoms with E-state index in [4.69, 9.17) is 20.8 Å². The summed E-state index contributed by atoms with van der Waals surface area (Å²) >= 11 is 9.44. The molecule has 0 atom stereocenters. The molecule has 0 bridgehead atoms. The molecule has 0 fully saturated rings. The van der Waals surface area contributed by atoms with Crippen LogP contribution in [0.15, 0.2) is 45.4 Å². The number of carbonyl (C=O) groups excluding carboxylic acids is 1. The van der Waals surface area contributed by atoms with Gasteiger partial charge in [-0.2, -0.15) is 5.10 Å². The zero-order valence-electron chi connectivity index (χ0n) is 15.0. The number of aromatic nitrogens is 2. The molecule has 0 aliphatic rings. The Bertz CT molecular complexity index is 952. The van der Waals surface area contributed by atoms with Crippen LogP contribution in [0, 0.1) is 6.92 Å². The van der Waals surface area contributed by atoms with Gasteiger partial charge < -0.3 is 14.5 Å². The van der Waals surface area contributed by atoms with Crippen LogP contribution in [0.2, 0.25) is 5.02 Å². The fraction of sp³-hybridized carbons (Fsp3) is 0.263. The molecule has 27 heavy (non-hydrogen) atoms. The Balaban J connectivity index is 1.57. The average molecular weight is 453 g/mol. The average Bonchev–Trinajstić information content (AvgIpc) is 3.27. The highest BCUT2D eigenvalue weighted by Gasteiger charge is 2.14. The number of furan rings is 1. The maximum absolute atomic E-state index is 12.3. The molecule has 0 radical (unpaired) electrons. The van der Waals surface area contributed by atoms with Crippen molar-refractivity contribution >= 4 is 33.4 Å². The van der Waals surface area contributed by atoms with Gasteiger partial charge in [0, 0.05) is 11.6 Å². The molecule has 0 saturated heterocycles.